The van der Waals surface area contributed by atoms with E-state index in [9.17, 15) is 27.2 Å². The third-order valence-corrected chi connectivity index (χ3v) is 3.85. The molecular formula is C15H12F4N4O4. The van der Waals surface area contributed by atoms with Crippen molar-refractivity contribution < 1.29 is 37.0 Å². The number of halogens is 4. The highest BCUT2D eigenvalue weighted by molar-refractivity contribution is 5.94. The number of para-hydroxylation sites is 1. The van der Waals surface area contributed by atoms with E-state index in [4.69, 9.17) is 9.84 Å². The Morgan fingerprint density at radius 3 is 2.59 bits per heavy atom. The van der Waals surface area contributed by atoms with E-state index in [2.05, 4.69) is 10.3 Å². The van der Waals surface area contributed by atoms with Gasteiger partial charge < -0.3 is 14.7 Å². The Hall–Kier alpha value is -3.02. The predicted octanol–water partition coefficient (Wildman–Crippen LogP) is 1.35. The first-order valence-corrected chi connectivity index (χ1v) is 7.61. The second-order valence-corrected chi connectivity index (χ2v) is 5.60. The minimum Gasteiger partial charge on any atom is -0.479 e. The van der Waals surface area contributed by atoms with Gasteiger partial charge in [0.05, 0.1) is 13.2 Å². The second-order valence-electron chi connectivity index (χ2n) is 5.60. The van der Waals surface area contributed by atoms with Gasteiger partial charge in [0.15, 0.2) is 17.5 Å². The number of hydrogen-bond acceptors (Lipinski definition) is 5. The van der Waals surface area contributed by atoms with Crippen molar-refractivity contribution in [2.24, 2.45) is 0 Å². The largest absolute Gasteiger partial charge is 0.479 e. The molecule has 0 spiro atoms. The van der Waals surface area contributed by atoms with E-state index in [0.29, 0.717) is 0 Å². The zero-order valence-corrected chi connectivity index (χ0v) is 13.5. The van der Waals surface area contributed by atoms with Crippen molar-refractivity contribution in [3.8, 4) is 5.69 Å². The zero-order valence-electron chi connectivity index (χ0n) is 13.5. The quantitative estimate of drug-likeness (QED) is 0.798. The third kappa shape index (κ3) is 3.60. The minimum absolute atomic E-state index is 0.119. The summed E-state index contributed by atoms with van der Waals surface area (Å²) in [6.45, 7) is -0.726. The summed E-state index contributed by atoms with van der Waals surface area (Å²) in [5.74, 6) is -3.50. The van der Waals surface area contributed by atoms with Gasteiger partial charge in [-0.2, -0.15) is 13.2 Å². The number of rotatable bonds is 3. The number of carboxylic acids is 1. The van der Waals surface area contributed by atoms with E-state index in [1.807, 2.05) is 0 Å². The first kappa shape index (κ1) is 18.8. The lowest BCUT2D eigenvalue weighted by atomic mass is 10.2. The first-order valence-electron chi connectivity index (χ1n) is 7.61. The first-order chi connectivity index (χ1) is 12.7. The SMILES string of the molecule is O=C(O)C1CN(C(=O)c2nnn(-c3ccccc3F)c2C(F)(F)F)CCO1. The Morgan fingerprint density at radius 1 is 1.26 bits per heavy atom. The third-order valence-electron chi connectivity index (χ3n) is 3.85. The fourth-order valence-corrected chi connectivity index (χ4v) is 2.61. The summed E-state index contributed by atoms with van der Waals surface area (Å²) >= 11 is 0. The fourth-order valence-electron chi connectivity index (χ4n) is 2.61. The summed E-state index contributed by atoms with van der Waals surface area (Å²) < 4.78 is 59.8. The van der Waals surface area contributed by atoms with Gasteiger partial charge in [0, 0.05) is 6.54 Å². The Balaban J connectivity index is 2.02. The van der Waals surface area contributed by atoms with Crippen LogP contribution in [0.25, 0.3) is 5.69 Å². The van der Waals surface area contributed by atoms with E-state index >= 15 is 0 Å². The van der Waals surface area contributed by atoms with Gasteiger partial charge in [0.1, 0.15) is 11.5 Å². The molecule has 1 saturated heterocycles. The number of carbonyl (C=O) groups excluding carboxylic acids is 1. The maximum absolute atomic E-state index is 13.9. The van der Waals surface area contributed by atoms with Gasteiger partial charge in [-0.25, -0.2) is 13.9 Å². The molecule has 27 heavy (non-hydrogen) atoms. The molecule has 1 atom stereocenters. The lowest BCUT2D eigenvalue weighted by Crippen LogP contribution is -2.49. The van der Waals surface area contributed by atoms with Crippen LogP contribution in [0.5, 0.6) is 0 Å². The standard InChI is InChI=1S/C15H12F4N4O4/c16-8-3-1-2-4-9(8)23-12(15(17,18)19)11(20-21-23)13(24)22-5-6-27-10(7-22)14(25)26/h1-4,10H,5-7H2,(H,25,26). The Labute approximate surface area is 148 Å². The van der Waals surface area contributed by atoms with E-state index in [1.54, 1.807) is 0 Å². The molecule has 1 aliphatic heterocycles. The molecule has 1 fully saturated rings. The fraction of sp³-hybridized carbons (Fsp3) is 0.333. The van der Waals surface area contributed by atoms with Crippen LogP contribution in [0.3, 0.4) is 0 Å². The number of hydrogen-bond donors (Lipinski definition) is 1. The lowest BCUT2D eigenvalue weighted by molar-refractivity contribution is -0.155. The van der Waals surface area contributed by atoms with Gasteiger partial charge in [-0.15, -0.1) is 5.10 Å². The molecule has 144 valence electrons. The van der Waals surface area contributed by atoms with Crippen molar-refractivity contribution in [1.82, 2.24) is 19.9 Å². The van der Waals surface area contributed by atoms with Crippen LogP contribution >= 0.6 is 0 Å². The molecule has 1 aliphatic rings. The minimum atomic E-state index is -5.06. The van der Waals surface area contributed by atoms with Crippen molar-refractivity contribution >= 4 is 11.9 Å². The van der Waals surface area contributed by atoms with Crippen LogP contribution < -0.4 is 0 Å². The summed E-state index contributed by atoms with van der Waals surface area (Å²) in [6.07, 6.45) is -6.42. The zero-order chi connectivity index (χ0) is 19.8. The number of alkyl halides is 3. The van der Waals surface area contributed by atoms with E-state index in [0.717, 1.165) is 17.0 Å². The smallest absolute Gasteiger partial charge is 0.435 e. The molecule has 0 radical (unpaired) electrons. The Morgan fingerprint density at radius 2 is 1.96 bits per heavy atom. The van der Waals surface area contributed by atoms with Crippen molar-refractivity contribution in [2.75, 3.05) is 19.7 Å². The van der Waals surface area contributed by atoms with Gasteiger partial charge in [0.2, 0.25) is 0 Å². The maximum atomic E-state index is 13.9. The number of ether oxygens (including phenoxy) is 1. The average molecular weight is 388 g/mol. The predicted molar refractivity (Wildman–Crippen MR) is 79.6 cm³/mol. The van der Waals surface area contributed by atoms with Gasteiger partial charge in [0.25, 0.3) is 5.91 Å². The number of aliphatic carboxylic acids is 1. The number of aromatic nitrogens is 3. The number of amides is 1. The van der Waals surface area contributed by atoms with Crippen LogP contribution in [0, 0.1) is 5.82 Å². The number of benzene rings is 1. The molecule has 0 bridgehead atoms. The molecule has 1 aromatic carbocycles. The van der Waals surface area contributed by atoms with E-state index in [-0.39, 0.29) is 17.8 Å². The topological polar surface area (TPSA) is 97.5 Å². The highest BCUT2D eigenvalue weighted by Gasteiger charge is 2.44. The van der Waals surface area contributed by atoms with Gasteiger partial charge >= 0.3 is 12.1 Å². The summed E-state index contributed by atoms with van der Waals surface area (Å²) in [5, 5.41) is 15.5. The second kappa shape index (κ2) is 6.95. The molecule has 1 unspecified atom stereocenters. The van der Waals surface area contributed by atoms with Crippen molar-refractivity contribution in [3.63, 3.8) is 0 Å². The summed E-state index contributed by atoms with van der Waals surface area (Å²) in [4.78, 5) is 24.4. The van der Waals surface area contributed by atoms with Crippen LogP contribution in [-0.2, 0) is 15.7 Å². The van der Waals surface area contributed by atoms with Gasteiger partial charge in [-0.3, -0.25) is 4.79 Å². The maximum Gasteiger partial charge on any atom is 0.435 e. The molecule has 2 aromatic rings. The molecule has 1 amide bonds. The Kier molecular flexibility index (Phi) is 4.83. The summed E-state index contributed by atoms with van der Waals surface area (Å²) in [6, 6.07) is 4.59. The van der Waals surface area contributed by atoms with Crippen LogP contribution in [0.15, 0.2) is 24.3 Å². The molecule has 12 heteroatoms. The number of carboxylic acid groups (broad SMARTS) is 1. The van der Waals surface area contributed by atoms with E-state index < -0.39 is 53.6 Å². The molecular weight excluding hydrogens is 376 g/mol. The monoisotopic (exact) mass is 388 g/mol. The highest BCUT2D eigenvalue weighted by atomic mass is 19.4. The number of carbonyl (C=O) groups is 2. The normalized spacial score (nSPS) is 17.8. The van der Waals surface area contributed by atoms with Crippen molar-refractivity contribution in [2.45, 2.75) is 12.3 Å². The average Bonchev–Trinajstić information content (AvgIpc) is 3.06. The molecule has 8 nitrogen and oxygen atoms in total. The molecule has 0 saturated carbocycles. The lowest BCUT2D eigenvalue weighted by Gasteiger charge is -2.30. The molecule has 1 N–H and O–H groups in total. The Bertz CT molecular complexity index is 883. The van der Waals surface area contributed by atoms with Crippen molar-refractivity contribution in [3.05, 3.63) is 41.5 Å². The van der Waals surface area contributed by atoms with Crippen LogP contribution in [0.4, 0.5) is 17.6 Å². The van der Waals surface area contributed by atoms with Crippen molar-refractivity contribution in [1.29, 1.82) is 0 Å². The summed E-state index contributed by atoms with van der Waals surface area (Å²) in [5.41, 5.74) is -3.12. The van der Waals surface area contributed by atoms with Gasteiger partial charge in [-0.05, 0) is 12.1 Å². The molecule has 2 heterocycles. The molecule has 0 aliphatic carbocycles. The van der Waals surface area contributed by atoms with E-state index in [1.165, 1.54) is 12.1 Å². The molecule has 1 aromatic heterocycles. The van der Waals surface area contributed by atoms with Gasteiger partial charge in [-0.1, -0.05) is 17.3 Å². The van der Waals surface area contributed by atoms with Crippen LogP contribution in [0.2, 0.25) is 0 Å². The summed E-state index contributed by atoms with van der Waals surface area (Å²) in [7, 11) is 0. The number of nitrogens with zero attached hydrogens (tertiary/aromatic N) is 4. The molecule has 3 rings (SSSR count). The number of morpholine rings is 1. The highest BCUT2D eigenvalue weighted by Crippen LogP contribution is 2.33. The van der Waals surface area contributed by atoms with Crippen LogP contribution in [0.1, 0.15) is 16.2 Å². The van der Waals surface area contributed by atoms with Crippen LogP contribution in [-0.4, -0.2) is 62.7 Å².